The first-order chi connectivity index (χ1) is 41.0. The number of carbonyl (C=O) groups excluding carboxylic acids is 3. The van der Waals surface area contributed by atoms with Crippen molar-refractivity contribution in [2.24, 2.45) is 0 Å². The molecule has 1 atom stereocenters. The van der Waals surface area contributed by atoms with Crippen LogP contribution in [0.1, 0.15) is 316 Å². The van der Waals surface area contributed by atoms with Gasteiger partial charge in [0.2, 0.25) is 0 Å². The van der Waals surface area contributed by atoms with Crippen LogP contribution in [0.5, 0.6) is 0 Å². The first kappa shape index (κ1) is 78.5. The lowest BCUT2D eigenvalue weighted by molar-refractivity contribution is -0.167. The molecule has 0 saturated carbocycles. The molecule has 0 fully saturated rings. The number of unbranched alkanes of at least 4 members (excludes halogenated alkanes) is 29. The summed E-state index contributed by atoms with van der Waals surface area (Å²) in [7, 11) is 0. The van der Waals surface area contributed by atoms with Gasteiger partial charge in [0.05, 0.1) is 0 Å². The van der Waals surface area contributed by atoms with E-state index in [1.807, 2.05) is 0 Å². The number of hydrogen-bond acceptors (Lipinski definition) is 6. The molecule has 6 heteroatoms. The van der Waals surface area contributed by atoms with Crippen LogP contribution in [-0.2, 0) is 28.6 Å². The van der Waals surface area contributed by atoms with Crippen LogP contribution in [0.3, 0.4) is 0 Å². The number of hydrogen-bond donors (Lipinski definition) is 0. The maximum Gasteiger partial charge on any atom is 0.306 e. The molecule has 0 aliphatic rings. The first-order valence-electron chi connectivity index (χ1n) is 34.7. The molecule has 0 amide bonds. The second-order valence-electron chi connectivity index (χ2n) is 22.7. The number of ether oxygens (including phenoxy) is 3. The highest BCUT2D eigenvalue weighted by atomic mass is 16.6. The van der Waals surface area contributed by atoms with Gasteiger partial charge in [-0.15, -0.1) is 0 Å². The zero-order valence-electron chi connectivity index (χ0n) is 54.2. The molecular formula is C77H128O6. The average Bonchev–Trinajstić information content (AvgIpc) is 3.49. The van der Waals surface area contributed by atoms with Crippen molar-refractivity contribution in [2.75, 3.05) is 13.2 Å². The molecule has 0 saturated heterocycles. The fourth-order valence-electron chi connectivity index (χ4n) is 9.49. The molecule has 1 unspecified atom stereocenters. The molecule has 0 aromatic carbocycles. The van der Waals surface area contributed by atoms with Crippen LogP contribution < -0.4 is 0 Å². The minimum Gasteiger partial charge on any atom is -0.462 e. The van der Waals surface area contributed by atoms with Crippen molar-refractivity contribution >= 4 is 17.9 Å². The predicted octanol–water partition coefficient (Wildman–Crippen LogP) is 24.1. The Kier molecular flexibility index (Phi) is 66.3. The van der Waals surface area contributed by atoms with Crippen LogP contribution in [0.25, 0.3) is 0 Å². The maximum absolute atomic E-state index is 12.9. The number of esters is 3. The minimum absolute atomic E-state index is 0.0881. The molecular weight excluding hydrogens is 1020 g/mol. The molecule has 0 aliphatic carbocycles. The van der Waals surface area contributed by atoms with Crippen molar-refractivity contribution in [1.29, 1.82) is 0 Å². The summed E-state index contributed by atoms with van der Waals surface area (Å²) in [5.74, 6) is -0.904. The Labute approximate surface area is 513 Å². The topological polar surface area (TPSA) is 78.9 Å². The quantitative estimate of drug-likeness (QED) is 0.0261. The zero-order chi connectivity index (χ0) is 59.9. The Hall–Kier alpha value is -4.45. The monoisotopic (exact) mass is 1150 g/mol. The third kappa shape index (κ3) is 68.2. The summed E-state index contributed by atoms with van der Waals surface area (Å²) >= 11 is 0. The molecule has 0 bridgehead atoms. The van der Waals surface area contributed by atoms with Gasteiger partial charge in [0.25, 0.3) is 0 Å². The van der Waals surface area contributed by atoms with E-state index in [1.165, 1.54) is 135 Å². The fourth-order valence-corrected chi connectivity index (χ4v) is 9.49. The Balaban J connectivity index is 4.31. The molecule has 0 N–H and O–H groups in total. The standard InChI is InChI=1S/C77H128O6/c1-4-7-10-13-16-19-22-25-28-30-32-33-34-35-36-37-38-39-40-41-42-43-45-46-49-52-55-58-61-64-67-70-76(79)82-73-74(72-81-75(78)69-66-63-60-57-54-51-48-27-24-21-18-15-12-9-6-3)83-77(80)71-68-65-62-59-56-53-50-47-44-31-29-26-23-20-17-14-11-8-5-2/h7,9-10,12,16-21,25-29,32-33,35-36,38-39,48,74H,4-6,8,11,13-15,22-24,30-31,34,37,40-47,49-73H2,1-3H3/b10-7-,12-9-,19-16-,20-17-,21-18-,28-25-,29-26-,33-32-,36-35-,39-38-,48-27-. The van der Waals surface area contributed by atoms with Gasteiger partial charge >= 0.3 is 17.9 Å². The van der Waals surface area contributed by atoms with Gasteiger partial charge in [-0.3, -0.25) is 14.4 Å². The number of allylic oxidation sites excluding steroid dienone is 22. The normalized spacial score (nSPS) is 13.0. The maximum atomic E-state index is 12.9. The molecule has 0 rings (SSSR count). The molecule has 0 aromatic rings. The van der Waals surface area contributed by atoms with Crippen LogP contribution in [0, 0.1) is 0 Å². The van der Waals surface area contributed by atoms with Gasteiger partial charge in [0, 0.05) is 19.3 Å². The second-order valence-corrected chi connectivity index (χ2v) is 22.7. The lowest BCUT2D eigenvalue weighted by Crippen LogP contribution is -2.30. The minimum atomic E-state index is -0.794. The molecule has 472 valence electrons. The molecule has 0 radical (unpaired) electrons. The van der Waals surface area contributed by atoms with E-state index in [0.717, 1.165) is 141 Å². The van der Waals surface area contributed by atoms with Crippen molar-refractivity contribution in [3.8, 4) is 0 Å². The van der Waals surface area contributed by atoms with E-state index in [9.17, 15) is 14.4 Å². The van der Waals surface area contributed by atoms with Gasteiger partial charge in [-0.25, -0.2) is 0 Å². The molecule has 0 aromatic heterocycles. The SMILES string of the molecule is CC/C=C\C/C=C\C/C=C\C/C=C\C/C=C\C/C=C\CCCCCCCCCCCCCCC(=O)OCC(COC(=O)CCCCCCC/C=C\C/C=C\C/C=C\CC)OC(=O)CCCCCCCCCCC/C=C\C/C=C\CCCCC. The third-order valence-corrected chi connectivity index (χ3v) is 14.6. The molecule has 0 heterocycles. The smallest absolute Gasteiger partial charge is 0.306 e. The summed E-state index contributed by atoms with van der Waals surface area (Å²) < 4.78 is 17.0. The first-order valence-corrected chi connectivity index (χ1v) is 34.7. The van der Waals surface area contributed by atoms with E-state index >= 15 is 0 Å². The third-order valence-electron chi connectivity index (χ3n) is 14.6. The van der Waals surface area contributed by atoms with Crippen molar-refractivity contribution in [2.45, 2.75) is 322 Å². The van der Waals surface area contributed by atoms with Crippen LogP contribution >= 0.6 is 0 Å². The summed E-state index contributed by atoms with van der Waals surface area (Å²) in [4.78, 5) is 38.4. The Morgan fingerprint density at radius 3 is 0.735 bits per heavy atom. The summed E-state index contributed by atoms with van der Waals surface area (Å²) in [6.45, 7) is 6.39. The zero-order valence-corrected chi connectivity index (χ0v) is 54.2. The van der Waals surface area contributed by atoms with Crippen molar-refractivity contribution in [3.05, 3.63) is 134 Å². The van der Waals surface area contributed by atoms with Crippen LogP contribution in [-0.4, -0.2) is 37.2 Å². The van der Waals surface area contributed by atoms with E-state index in [1.54, 1.807) is 0 Å². The van der Waals surface area contributed by atoms with Crippen molar-refractivity contribution in [3.63, 3.8) is 0 Å². The lowest BCUT2D eigenvalue weighted by atomic mass is 10.0. The van der Waals surface area contributed by atoms with Gasteiger partial charge in [-0.1, -0.05) is 296 Å². The fraction of sp³-hybridized carbons (Fsp3) is 0.675. The van der Waals surface area contributed by atoms with Gasteiger partial charge < -0.3 is 14.2 Å². The second kappa shape index (κ2) is 70.0. The molecule has 0 aliphatic heterocycles. The number of carbonyl (C=O) groups is 3. The van der Waals surface area contributed by atoms with Crippen LogP contribution in [0.4, 0.5) is 0 Å². The number of rotatable bonds is 62. The Morgan fingerprint density at radius 2 is 0.470 bits per heavy atom. The van der Waals surface area contributed by atoms with Crippen molar-refractivity contribution in [1.82, 2.24) is 0 Å². The molecule has 83 heavy (non-hydrogen) atoms. The predicted molar refractivity (Wildman–Crippen MR) is 362 cm³/mol. The van der Waals surface area contributed by atoms with Crippen LogP contribution in [0.15, 0.2) is 134 Å². The highest BCUT2D eigenvalue weighted by molar-refractivity contribution is 5.71. The van der Waals surface area contributed by atoms with Gasteiger partial charge in [0.1, 0.15) is 13.2 Å². The van der Waals surface area contributed by atoms with E-state index in [2.05, 4.69) is 154 Å². The molecule has 0 spiro atoms. The van der Waals surface area contributed by atoms with E-state index < -0.39 is 6.10 Å². The van der Waals surface area contributed by atoms with E-state index in [0.29, 0.717) is 19.3 Å². The Bertz CT molecular complexity index is 1750. The lowest BCUT2D eigenvalue weighted by Gasteiger charge is -2.18. The summed E-state index contributed by atoms with van der Waals surface area (Å²) in [6, 6.07) is 0. The van der Waals surface area contributed by atoms with Crippen molar-refractivity contribution < 1.29 is 28.6 Å². The van der Waals surface area contributed by atoms with Gasteiger partial charge in [-0.2, -0.15) is 0 Å². The Morgan fingerprint density at radius 1 is 0.253 bits per heavy atom. The highest BCUT2D eigenvalue weighted by Gasteiger charge is 2.19. The van der Waals surface area contributed by atoms with E-state index in [4.69, 9.17) is 14.2 Å². The highest BCUT2D eigenvalue weighted by Crippen LogP contribution is 2.16. The summed E-state index contributed by atoms with van der Waals surface area (Å²) in [5.41, 5.74) is 0. The average molecular weight is 1150 g/mol. The van der Waals surface area contributed by atoms with Gasteiger partial charge in [-0.05, 0) is 135 Å². The van der Waals surface area contributed by atoms with Gasteiger partial charge in [0.15, 0.2) is 6.10 Å². The summed E-state index contributed by atoms with van der Waals surface area (Å²) in [6.07, 6.45) is 99.0. The van der Waals surface area contributed by atoms with E-state index in [-0.39, 0.29) is 31.1 Å². The van der Waals surface area contributed by atoms with Crippen LogP contribution in [0.2, 0.25) is 0 Å². The largest absolute Gasteiger partial charge is 0.462 e. The molecule has 6 nitrogen and oxygen atoms in total. The summed E-state index contributed by atoms with van der Waals surface area (Å²) in [5, 5.41) is 0.